The van der Waals surface area contributed by atoms with E-state index in [1.165, 1.54) is 0 Å². The number of aromatic nitrogens is 2. The van der Waals surface area contributed by atoms with E-state index in [1.807, 2.05) is 17.0 Å². The second kappa shape index (κ2) is 5.70. The second-order valence-corrected chi connectivity index (χ2v) is 6.44. The Bertz CT molecular complexity index is 834. The zero-order chi connectivity index (χ0) is 16.7. The second-order valence-electron chi connectivity index (χ2n) is 6.44. The fourth-order valence-electron chi connectivity index (χ4n) is 3.47. The van der Waals surface area contributed by atoms with Gasteiger partial charge < -0.3 is 10.2 Å². The van der Waals surface area contributed by atoms with Crippen LogP contribution < -0.4 is 5.32 Å². The van der Waals surface area contributed by atoms with E-state index in [0.29, 0.717) is 31.5 Å². The maximum absolute atomic E-state index is 12.9. The minimum atomic E-state index is 0.0102. The molecule has 0 aliphatic carbocycles. The average Bonchev–Trinajstić information content (AvgIpc) is 2.60. The first-order chi connectivity index (χ1) is 11.6. The Morgan fingerprint density at radius 2 is 2.17 bits per heavy atom. The first kappa shape index (κ1) is 14.8. The van der Waals surface area contributed by atoms with Gasteiger partial charge in [0.05, 0.1) is 5.69 Å². The van der Waals surface area contributed by atoms with Crippen molar-refractivity contribution in [3.8, 4) is 0 Å². The molecule has 4 rings (SSSR count). The van der Waals surface area contributed by atoms with Gasteiger partial charge in [-0.2, -0.15) is 0 Å². The van der Waals surface area contributed by atoms with Crippen LogP contribution in [0.3, 0.4) is 0 Å². The molecule has 2 amide bonds. The van der Waals surface area contributed by atoms with Crippen molar-refractivity contribution in [2.45, 2.75) is 32.2 Å². The molecule has 2 aromatic rings. The molecule has 0 fully saturated rings. The fraction of sp³-hybridized carbons (Fsp3) is 0.333. The number of carbonyl (C=O) groups excluding carboxylic acids is 2. The van der Waals surface area contributed by atoms with E-state index in [0.717, 1.165) is 22.5 Å². The quantitative estimate of drug-likeness (QED) is 0.872. The first-order valence-corrected chi connectivity index (χ1v) is 8.12. The zero-order valence-corrected chi connectivity index (χ0v) is 13.5. The summed E-state index contributed by atoms with van der Waals surface area (Å²) in [5.41, 5.74) is 4.54. The largest absolute Gasteiger partial charge is 0.334 e. The smallest absolute Gasteiger partial charge is 0.254 e. The molecule has 2 aliphatic heterocycles. The van der Waals surface area contributed by atoms with Crippen LogP contribution in [0, 0.1) is 0 Å². The first-order valence-electron chi connectivity index (χ1n) is 8.12. The van der Waals surface area contributed by atoms with Gasteiger partial charge in [0.15, 0.2) is 0 Å². The highest BCUT2D eigenvalue weighted by molar-refractivity contribution is 5.98. The molecule has 1 aromatic heterocycles. The number of amides is 2. The summed E-state index contributed by atoms with van der Waals surface area (Å²) < 4.78 is 0. The Labute approximate surface area is 139 Å². The number of hydrogen-bond donors (Lipinski definition) is 1. The molecule has 2 aliphatic rings. The number of aryl methyl sites for hydroxylation is 1. The summed E-state index contributed by atoms with van der Waals surface area (Å²) in [6, 6.07) is 5.51. The third kappa shape index (κ3) is 2.54. The number of hydrogen-bond acceptors (Lipinski definition) is 4. The third-order valence-electron chi connectivity index (χ3n) is 4.68. The van der Waals surface area contributed by atoms with Gasteiger partial charge in [0.2, 0.25) is 5.91 Å². The lowest BCUT2D eigenvalue weighted by atomic mass is 9.96. The summed E-state index contributed by atoms with van der Waals surface area (Å²) >= 11 is 0. The van der Waals surface area contributed by atoms with Gasteiger partial charge in [0.1, 0.15) is 6.33 Å². The number of fused-ring (bicyclic) bond motifs is 2. The van der Waals surface area contributed by atoms with Crippen LogP contribution >= 0.6 is 0 Å². The normalized spacial score (nSPS) is 19.3. The standard InChI is InChI=1S/C18H18N4O2/c1-11-8-22(9-14-7-19-10-20-17(11)14)18(24)13-2-4-15-12(6-13)3-5-16(23)21-15/h2,4,6-7,10-11H,3,5,8-9H2,1H3,(H,21,23). The minimum Gasteiger partial charge on any atom is -0.334 e. The summed E-state index contributed by atoms with van der Waals surface area (Å²) in [5, 5.41) is 2.85. The number of nitrogens with one attached hydrogen (secondary N) is 1. The van der Waals surface area contributed by atoms with Gasteiger partial charge in [0, 0.05) is 48.4 Å². The molecule has 1 unspecified atom stereocenters. The predicted molar refractivity (Wildman–Crippen MR) is 88.6 cm³/mol. The monoisotopic (exact) mass is 322 g/mol. The molecule has 1 aromatic carbocycles. The Morgan fingerprint density at radius 1 is 1.29 bits per heavy atom. The van der Waals surface area contributed by atoms with Crippen molar-refractivity contribution in [2.24, 2.45) is 0 Å². The van der Waals surface area contributed by atoms with Crippen molar-refractivity contribution >= 4 is 17.5 Å². The SMILES string of the molecule is CC1CN(C(=O)c2ccc3c(c2)CCC(=O)N3)Cc2cncnc21. The number of carbonyl (C=O) groups is 2. The maximum Gasteiger partial charge on any atom is 0.254 e. The highest BCUT2D eigenvalue weighted by atomic mass is 16.2. The van der Waals surface area contributed by atoms with Gasteiger partial charge in [-0.05, 0) is 30.2 Å². The van der Waals surface area contributed by atoms with Crippen LogP contribution in [-0.2, 0) is 17.8 Å². The minimum absolute atomic E-state index is 0.0102. The van der Waals surface area contributed by atoms with Crippen LogP contribution in [0.5, 0.6) is 0 Å². The Kier molecular flexibility index (Phi) is 3.52. The van der Waals surface area contributed by atoms with E-state index in [2.05, 4.69) is 22.2 Å². The van der Waals surface area contributed by atoms with E-state index >= 15 is 0 Å². The Morgan fingerprint density at radius 3 is 3.04 bits per heavy atom. The summed E-state index contributed by atoms with van der Waals surface area (Å²) in [5.74, 6) is 0.233. The van der Waals surface area contributed by atoms with Crippen LogP contribution in [0.15, 0.2) is 30.7 Å². The van der Waals surface area contributed by atoms with Gasteiger partial charge in [-0.25, -0.2) is 9.97 Å². The summed E-state index contributed by atoms with van der Waals surface area (Å²) in [6.45, 7) is 3.26. The zero-order valence-electron chi connectivity index (χ0n) is 13.5. The molecule has 0 saturated carbocycles. The lowest BCUT2D eigenvalue weighted by molar-refractivity contribution is -0.116. The molecule has 0 radical (unpaired) electrons. The highest BCUT2D eigenvalue weighted by Gasteiger charge is 2.28. The fourth-order valence-corrected chi connectivity index (χ4v) is 3.47. The van der Waals surface area contributed by atoms with Crippen molar-refractivity contribution < 1.29 is 9.59 Å². The van der Waals surface area contributed by atoms with Crippen molar-refractivity contribution in [1.29, 1.82) is 0 Å². The average molecular weight is 322 g/mol. The van der Waals surface area contributed by atoms with Crippen LogP contribution in [-0.4, -0.2) is 33.2 Å². The van der Waals surface area contributed by atoms with Gasteiger partial charge in [-0.15, -0.1) is 0 Å². The number of rotatable bonds is 1. The molecule has 0 bridgehead atoms. The molecule has 1 N–H and O–H groups in total. The summed E-state index contributed by atoms with van der Waals surface area (Å²) in [4.78, 5) is 34.6. The molecule has 122 valence electrons. The van der Waals surface area contributed by atoms with Crippen molar-refractivity contribution in [3.05, 3.63) is 53.1 Å². The Hall–Kier alpha value is -2.76. The van der Waals surface area contributed by atoms with E-state index in [1.54, 1.807) is 18.6 Å². The van der Waals surface area contributed by atoms with E-state index in [4.69, 9.17) is 0 Å². The van der Waals surface area contributed by atoms with Gasteiger partial charge in [-0.1, -0.05) is 6.92 Å². The topological polar surface area (TPSA) is 75.2 Å². The van der Waals surface area contributed by atoms with Gasteiger partial charge in [0.25, 0.3) is 5.91 Å². The molecular weight excluding hydrogens is 304 g/mol. The summed E-state index contributed by atoms with van der Waals surface area (Å²) in [7, 11) is 0. The van der Waals surface area contributed by atoms with Crippen LogP contribution in [0.2, 0.25) is 0 Å². The van der Waals surface area contributed by atoms with Crippen molar-refractivity contribution in [1.82, 2.24) is 14.9 Å². The molecule has 1 atom stereocenters. The Balaban J connectivity index is 1.60. The third-order valence-corrected chi connectivity index (χ3v) is 4.68. The highest BCUT2D eigenvalue weighted by Crippen LogP contribution is 2.28. The summed E-state index contributed by atoms with van der Waals surface area (Å²) in [6.07, 6.45) is 4.50. The molecule has 6 nitrogen and oxygen atoms in total. The molecule has 3 heterocycles. The lowest BCUT2D eigenvalue weighted by Gasteiger charge is -2.32. The molecule has 0 saturated heterocycles. The van der Waals surface area contributed by atoms with E-state index in [-0.39, 0.29) is 17.7 Å². The number of anilines is 1. The van der Waals surface area contributed by atoms with Crippen molar-refractivity contribution in [2.75, 3.05) is 11.9 Å². The predicted octanol–water partition coefficient (Wildman–Crippen LogP) is 2.12. The van der Waals surface area contributed by atoms with E-state index in [9.17, 15) is 9.59 Å². The van der Waals surface area contributed by atoms with E-state index < -0.39 is 0 Å². The number of benzene rings is 1. The molecule has 24 heavy (non-hydrogen) atoms. The number of nitrogens with zero attached hydrogens (tertiary/aromatic N) is 3. The van der Waals surface area contributed by atoms with Crippen LogP contribution in [0.25, 0.3) is 0 Å². The van der Waals surface area contributed by atoms with Crippen LogP contribution in [0.1, 0.15) is 46.4 Å². The maximum atomic E-state index is 12.9. The lowest BCUT2D eigenvalue weighted by Crippen LogP contribution is -2.38. The van der Waals surface area contributed by atoms with Crippen molar-refractivity contribution in [3.63, 3.8) is 0 Å². The van der Waals surface area contributed by atoms with Gasteiger partial charge in [-0.3, -0.25) is 9.59 Å². The van der Waals surface area contributed by atoms with Gasteiger partial charge >= 0.3 is 0 Å². The molecule has 6 heteroatoms. The molecule has 0 spiro atoms. The molecular formula is C18H18N4O2. The van der Waals surface area contributed by atoms with Crippen LogP contribution in [0.4, 0.5) is 5.69 Å².